The molecule has 0 spiro atoms. The van der Waals surface area contributed by atoms with Gasteiger partial charge in [0.2, 0.25) is 0 Å². The molecule has 1 aliphatic rings. The molecule has 23 heavy (non-hydrogen) atoms. The molecule has 4 rings (SSSR count). The number of fused-ring (bicyclic) bond motifs is 3. The van der Waals surface area contributed by atoms with Crippen molar-refractivity contribution in [3.8, 4) is 0 Å². The quantitative estimate of drug-likeness (QED) is 0.707. The molecule has 7 heteroatoms. The van der Waals surface area contributed by atoms with Gasteiger partial charge in [-0.1, -0.05) is 17.7 Å². The molecule has 2 unspecified atom stereocenters. The van der Waals surface area contributed by atoms with Gasteiger partial charge in [0.15, 0.2) is 0 Å². The number of nitrogens with one attached hydrogen (secondary N) is 2. The molecule has 0 amide bonds. The van der Waals surface area contributed by atoms with Crippen LogP contribution in [0.2, 0.25) is 5.02 Å². The van der Waals surface area contributed by atoms with Crippen LogP contribution in [0.15, 0.2) is 29.1 Å². The van der Waals surface area contributed by atoms with Crippen LogP contribution in [0.25, 0.3) is 16.6 Å². The fraction of sp³-hybridized carbons (Fsp3) is 0.375. The lowest BCUT2D eigenvalue weighted by Gasteiger charge is -2.28. The zero-order valence-electron chi connectivity index (χ0n) is 12.7. The molecule has 0 radical (unpaired) electrons. The van der Waals surface area contributed by atoms with Crippen molar-refractivity contribution in [1.82, 2.24) is 19.9 Å². The van der Waals surface area contributed by atoms with Crippen LogP contribution in [0.1, 0.15) is 31.4 Å². The summed E-state index contributed by atoms with van der Waals surface area (Å²) in [6, 6.07) is 7.74. The lowest BCUT2D eigenvalue weighted by atomic mass is 9.90. The van der Waals surface area contributed by atoms with Crippen LogP contribution in [-0.2, 0) is 0 Å². The number of rotatable bonds is 1. The highest BCUT2D eigenvalue weighted by Gasteiger charge is 2.24. The van der Waals surface area contributed by atoms with Crippen molar-refractivity contribution >= 4 is 40.6 Å². The van der Waals surface area contributed by atoms with Gasteiger partial charge in [-0.05, 0) is 38.4 Å². The fourth-order valence-corrected chi connectivity index (χ4v) is 3.70. The molecule has 0 aliphatic carbocycles. The second kappa shape index (κ2) is 6.15. The molecule has 2 N–H and O–H groups in total. The summed E-state index contributed by atoms with van der Waals surface area (Å²) in [4.78, 5) is 15.0. The van der Waals surface area contributed by atoms with Crippen LogP contribution >= 0.6 is 24.0 Å². The molecular formula is C16H18Cl2N4O. The third-order valence-corrected chi connectivity index (χ3v) is 4.77. The maximum atomic E-state index is 12.1. The van der Waals surface area contributed by atoms with Crippen LogP contribution in [0, 0.1) is 0 Å². The van der Waals surface area contributed by atoms with Gasteiger partial charge in [-0.15, -0.1) is 12.4 Å². The Labute approximate surface area is 144 Å². The Morgan fingerprint density at radius 1 is 1.39 bits per heavy atom. The normalized spacial score (nSPS) is 21.5. The average Bonchev–Trinajstić information content (AvgIpc) is 2.86. The van der Waals surface area contributed by atoms with Crippen LogP contribution < -0.4 is 10.9 Å². The van der Waals surface area contributed by atoms with Crippen LogP contribution in [-0.4, -0.2) is 27.2 Å². The summed E-state index contributed by atoms with van der Waals surface area (Å²) in [5.74, 6) is 0.328. The number of piperidine rings is 1. The van der Waals surface area contributed by atoms with E-state index >= 15 is 0 Å². The number of H-pyrrole nitrogens is 1. The first-order valence-electron chi connectivity index (χ1n) is 7.57. The van der Waals surface area contributed by atoms with E-state index in [1.165, 1.54) is 0 Å². The molecule has 1 fully saturated rings. The van der Waals surface area contributed by atoms with Gasteiger partial charge in [0.25, 0.3) is 5.56 Å². The Kier molecular flexibility index (Phi) is 4.36. The minimum atomic E-state index is -0.101. The summed E-state index contributed by atoms with van der Waals surface area (Å²) >= 11 is 6.31. The molecule has 1 aromatic carbocycles. The molecular weight excluding hydrogens is 335 g/mol. The molecule has 3 heterocycles. The number of benzene rings is 1. The summed E-state index contributed by atoms with van der Waals surface area (Å²) in [5, 5.41) is 9.52. The summed E-state index contributed by atoms with van der Waals surface area (Å²) in [7, 11) is 0. The molecule has 1 aliphatic heterocycles. The van der Waals surface area contributed by atoms with Crippen molar-refractivity contribution in [2.75, 3.05) is 6.54 Å². The highest BCUT2D eigenvalue weighted by Crippen LogP contribution is 2.31. The lowest BCUT2D eigenvalue weighted by Crippen LogP contribution is -2.35. The standard InChI is InChI=1S/C16H17ClN4O.ClH/c1-9-7-10(5-6-18-9)13-8-14(22)19-16-15-11(17)3-2-4-12(15)20-21(13)16;/h2-4,8-10,18H,5-7H2,1H3,(H,19,22);1H. The number of halogens is 2. The Bertz CT molecular complexity index is 917. The highest BCUT2D eigenvalue weighted by atomic mass is 35.5. The summed E-state index contributed by atoms with van der Waals surface area (Å²) in [5.41, 5.74) is 2.36. The van der Waals surface area contributed by atoms with Gasteiger partial charge in [0, 0.05) is 18.0 Å². The number of aromatic nitrogens is 3. The van der Waals surface area contributed by atoms with Crippen LogP contribution in [0.3, 0.4) is 0 Å². The third kappa shape index (κ3) is 2.73. The van der Waals surface area contributed by atoms with E-state index in [0.29, 0.717) is 22.6 Å². The van der Waals surface area contributed by atoms with Crippen molar-refractivity contribution < 1.29 is 0 Å². The monoisotopic (exact) mass is 352 g/mol. The van der Waals surface area contributed by atoms with E-state index in [4.69, 9.17) is 11.6 Å². The topological polar surface area (TPSA) is 62.2 Å². The van der Waals surface area contributed by atoms with Crippen molar-refractivity contribution in [3.05, 3.63) is 45.3 Å². The summed E-state index contributed by atoms with van der Waals surface area (Å²) in [6.45, 7) is 3.13. The molecule has 122 valence electrons. The SMILES string of the molecule is CC1CC(c2cc(=O)[nH]c3c4c(Cl)cccc4nn23)CCN1.Cl. The Morgan fingerprint density at radius 2 is 2.22 bits per heavy atom. The van der Waals surface area contributed by atoms with E-state index in [0.717, 1.165) is 36.0 Å². The molecule has 5 nitrogen and oxygen atoms in total. The third-order valence-electron chi connectivity index (χ3n) is 4.46. The molecule has 0 saturated carbocycles. The predicted molar refractivity (Wildman–Crippen MR) is 95.0 cm³/mol. The average molecular weight is 353 g/mol. The number of hydrogen-bond acceptors (Lipinski definition) is 3. The van der Waals surface area contributed by atoms with Crippen molar-refractivity contribution in [1.29, 1.82) is 0 Å². The molecule has 0 bridgehead atoms. The van der Waals surface area contributed by atoms with E-state index in [1.54, 1.807) is 6.07 Å². The van der Waals surface area contributed by atoms with Gasteiger partial charge >= 0.3 is 0 Å². The van der Waals surface area contributed by atoms with Crippen LogP contribution in [0.4, 0.5) is 0 Å². The van der Waals surface area contributed by atoms with E-state index < -0.39 is 0 Å². The smallest absolute Gasteiger partial charge is 0.251 e. The van der Waals surface area contributed by atoms with Gasteiger partial charge in [0.05, 0.1) is 21.6 Å². The number of aromatic amines is 1. The van der Waals surface area contributed by atoms with E-state index in [1.807, 2.05) is 22.7 Å². The maximum Gasteiger partial charge on any atom is 0.251 e. The zero-order valence-corrected chi connectivity index (χ0v) is 14.2. The van der Waals surface area contributed by atoms with Gasteiger partial charge in [-0.3, -0.25) is 4.79 Å². The van der Waals surface area contributed by atoms with Crippen molar-refractivity contribution in [3.63, 3.8) is 0 Å². The first-order chi connectivity index (χ1) is 10.6. The van der Waals surface area contributed by atoms with Gasteiger partial charge in [0.1, 0.15) is 5.65 Å². The van der Waals surface area contributed by atoms with Gasteiger partial charge in [-0.25, -0.2) is 4.52 Å². The van der Waals surface area contributed by atoms with E-state index in [9.17, 15) is 4.79 Å². The minimum absolute atomic E-state index is 0. The van der Waals surface area contributed by atoms with Crippen molar-refractivity contribution in [2.24, 2.45) is 0 Å². The zero-order chi connectivity index (χ0) is 15.3. The minimum Gasteiger partial charge on any atom is -0.314 e. The fourth-order valence-electron chi connectivity index (χ4n) is 3.44. The molecule has 3 aromatic rings. The molecule has 2 aromatic heterocycles. The molecule has 2 atom stereocenters. The highest BCUT2D eigenvalue weighted by molar-refractivity contribution is 6.36. The summed E-state index contributed by atoms with van der Waals surface area (Å²) < 4.78 is 1.86. The van der Waals surface area contributed by atoms with E-state index in [-0.39, 0.29) is 18.0 Å². The Morgan fingerprint density at radius 3 is 3.00 bits per heavy atom. The van der Waals surface area contributed by atoms with Crippen molar-refractivity contribution in [2.45, 2.75) is 31.7 Å². The summed E-state index contributed by atoms with van der Waals surface area (Å²) in [6.07, 6.45) is 2.01. The predicted octanol–water partition coefficient (Wildman–Crippen LogP) is 3.11. The van der Waals surface area contributed by atoms with Crippen LogP contribution in [0.5, 0.6) is 0 Å². The maximum absolute atomic E-state index is 12.1. The Balaban J connectivity index is 0.00000156. The second-order valence-electron chi connectivity index (χ2n) is 6.03. The van der Waals surface area contributed by atoms with Gasteiger partial charge < -0.3 is 10.3 Å². The number of hydrogen-bond donors (Lipinski definition) is 2. The first kappa shape index (κ1) is 16.3. The van der Waals surface area contributed by atoms with Gasteiger partial charge in [-0.2, -0.15) is 5.10 Å². The number of nitrogens with zero attached hydrogens (tertiary/aromatic N) is 2. The molecule has 1 saturated heterocycles. The van der Waals surface area contributed by atoms with E-state index in [2.05, 4.69) is 22.3 Å². The Hall–Kier alpha value is -1.56. The second-order valence-corrected chi connectivity index (χ2v) is 6.44. The lowest BCUT2D eigenvalue weighted by molar-refractivity contribution is 0.372. The first-order valence-corrected chi connectivity index (χ1v) is 7.95. The largest absolute Gasteiger partial charge is 0.314 e.